The quantitative estimate of drug-likeness (QED) is 0.530. The Bertz CT molecular complexity index is 382. The van der Waals surface area contributed by atoms with Gasteiger partial charge in [-0.05, 0) is 13.5 Å². The van der Waals surface area contributed by atoms with Gasteiger partial charge in [-0.2, -0.15) is 0 Å². The first-order valence-corrected chi connectivity index (χ1v) is 7.05. The summed E-state index contributed by atoms with van der Waals surface area (Å²) in [5, 5.41) is 10.9. The van der Waals surface area contributed by atoms with E-state index in [1.807, 2.05) is 0 Å². The van der Waals surface area contributed by atoms with Crippen molar-refractivity contribution >= 4 is 22.0 Å². The minimum absolute atomic E-state index is 0.00524. The van der Waals surface area contributed by atoms with E-state index in [4.69, 9.17) is 5.11 Å². The first-order chi connectivity index (χ1) is 8.28. The summed E-state index contributed by atoms with van der Waals surface area (Å²) < 4.78 is 24.2. The van der Waals surface area contributed by atoms with Gasteiger partial charge in [0, 0.05) is 26.6 Å². The molecule has 0 atom stereocenters. The van der Waals surface area contributed by atoms with E-state index in [0.29, 0.717) is 13.0 Å². The molecule has 0 radical (unpaired) electrons. The lowest BCUT2D eigenvalue weighted by atomic mass is 10.3. The zero-order valence-corrected chi connectivity index (χ0v) is 11.3. The number of hydrogen-bond donors (Lipinski definition) is 3. The number of hydrogen-bond acceptors (Lipinski definition) is 4. The second-order valence-electron chi connectivity index (χ2n) is 3.67. The third-order valence-corrected chi connectivity index (χ3v) is 3.55. The van der Waals surface area contributed by atoms with Crippen LogP contribution in [-0.4, -0.2) is 63.4 Å². The number of carbonyl (C=O) groups is 2. The molecule has 0 aromatic heterocycles. The van der Waals surface area contributed by atoms with Gasteiger partial charge < -0.3 is 15.3 Å². The van der Waals surface area contributed by atoms with Gasteiger partial charge in [0.1, 0.15) is 0 Å². The van der Waals surface area contributed by atoms with E-state index < -0.39 is 22.0 Å². The highest BCUT2D eigenvalue weighted by atomic mass is 32.2. The molecule has 0 saturated heterocycles. The highest BCUT2D eigenvalue weighted by Gasteiger charge is 2.11. The number of carbonyl (C=O) groups excluding carboxylic acids is 1. The molecule has 0 fully saturated rings. The van der Waals surface area contributed by atoms with Gasteiger partial charge in [-0.15, -0.1) is 0 Å². The van der Waals surface area contributed by atoms with Crippen LogP contribution in [0.1, 0.15) is 12.8 Å². The number of nitrogens with zero attached hydrogens (tertiary/aromatic N) is 1. The number of urea groups is 1. The predicted molar refractivity (Wildman–Crippen MR) is 65.7 cm³/mol. The van der Waals surface area contributed by atoms with Crippen molar-refractivity contribution in [2.45, 2.75) is 12.8 Å². The first-order valence-electron chi connectivity index (χ1n) is 5.40. The molecule has 0 heterocycles. The summed E-state index contributed by atoms with van der Waals surface area (Å²) in [5.74, 6) is -1.11. The number of aliphatic carboxylic acids is 1. The maximum atomic E-state index is 11.4. The molecule has 0 aromatic carbocycles. The first kappa shape index (κ1) is 16.6. The summed E-state index contributed by atoms with van der Waals surface area (Å²) in [7, 11) is -0.512. The van der Waals surface area contributed by atoms with Gasteiger partial charge in [0.25, 0.3) is 0 Å². The molecule has 106 valence electrons. The van der Waals surface area contributed by atoms with Crippen molar-refractivity contribution < 1.29 is 23.1 Å². The van der Waals surface area contributed by atoms with Gasteiger partial charge in [-0.25, -0.2) is 17.9 Å². The molecule has 8 nitrogen and oxygen atoms in total. The SMILES string of the molecule is CNS(=O)(=O)CCNC(=O)N(C)CCCC(=O)O. The summed E-state index contributed by atoms with van der Waals surface area (Å²) >= 11 is 0. The molecule has 0 saturated carbocycles. The van der Waals surface area contributed by atoms with Gasteiger partial charge in [0.2, 0.25) is 10.0 Å². The lowest BCUT2D eigenvalue weighted by Gasteiger charge is -2.17. The molecular weight excluding hydrogens is 262 g/mol. The molecule has 9 heteroatoms. The van der Waals surface area contributed by atoms with Crippen LogP contribution in [0.15, 0.2) is 0 Å². The van der Waals surface area contributed by atoms with E-state index in [2.05, 4.69) is 10.0 Å². The summed E-state index contributed by atoms with van der Waals surface area (Å²) in [6.07, 6.45) is 0.347. The Morgan fingerprint density at radius 3 is 2.44 bits per heavy atom. The molecule has 0 aromatic rings. The number of carboxylic acid groups (broad SMARTS) is 1. The predicted octanol–water partition coefficient (Wildman–Crippen LogP) is -0.958. The Balaban J connectivity index is 3.85. The normalized spacial score (nSPS) is 11.0. The minimum atomic E-state index is -3.33. The molecule has 0 bridgehead atoms. The zero-order valence-electron chi connectivity index (χ0n) is 10.5. The molecular formula is C9H19N3O5S. The van der Waals surface area contributed by atoms with Crippen LogP contribution in [0.3, 0.4) is 0 Å². The van der Waals surface area contributed by atoms with Crippen molar-refractivity contribution in [2.24, 2.45) is 0 Å². The fraction of sp³-hybridized carbons (Fsp3) is 0.778. The van der Waals surface area contributed by atoms with Crippen molar-refractivity contribution in [3.8, 4) is 0 Å². The molecule has 0 spiro atoms. The highest BCUT2D eigenvalue weighted by molar-refractivity contribution is 7.89. The summed E-state index contributed by atoms with van der Waals surface area (Å²) in [6.45, 7) is 0.308. The van der Waals surface area contributed by atoms with Crippen LogP contribution >= 0.6 is 0 Å². The Morgan fingerprint density at radius 2 is 1.94 bits per heavy atom. The smallest absolute Gasteiger partial charge is 0.317 e. The Morgan fingerprint density at radius 1 is 1.33 bits per heavy atom. The lowest BCUT2D eigenvalue weighted by Crippen LogP contribution is -2.40. The van der Waals surface area contributed by atoms with Crippen molar-refractivity contribution in [3.05, 3.63) is 0 Å². The number of rotatable bonds is 8. The molecule has 0 unspecified atom stereocenters. The standard InChI is InChI=1S/C9H19N3O5S/c1-10-18(16,17)7-5-11-9(15)12(2)6-3-4-8(13)14/h10H,3-7H2,1-2H3,(H,11,15)(H,13,14). The summed E-state index contributed by atoms with van der Waals surface area (Å²) in [6, 6.07) is -0.424. The van der Waals surface area contributed by atoms with Crippen LogP contribution in [0.5, 0.6) is 0 Å². The van der Waals surface area contributed by atoms with Crippen LogP contribution in [0, 0.1) is 0 Å². The molecule has 0 aliphatic rings. The van der Waals surface area contributed by atoms with Crippen molar-refractivity contribution in [2.75, 3.05) is 32.9 Å². The van der Waals surface area contributed by atoms with Crippen LogP contribution < -0.4 is 10.0 Å². The molecule has 18 heavy (non-hydrogen) atoms. The van der Waals surface area contributed by atoms with Crippen LogP contribution in [0.2, 0.25) is 0 Å². The fourth-order valence-corrected chi connectivity index (χ4v) is 1.67. The van der Waals surface area contributed by atoms with Crippen molar-refractivity contribution in [1.82, 2.24) is 14.9 Å². The minimum Gasteiger partial charge on any atom is -0.481 e. The molecule has 2 amide bonds. The topological polar surface area (TPSA) is 116 Å². The fourth-order valence-electron chi connectivity index (χ4n) is 1.10. The average molecular weight is 281 g/mol. The third-order valence-electron chi connectivity index (χ3n) is 2.19. The largest absolute Gasteiger partial charge is 0.481 e. The van der Waals surface area contributed by atoms with Crippen molar-refractivity contribution in [1.29, 1.82) is 0 Å². The molecule has 0 rings (SSSR count). The number of nitrogens with one attached hydrogen (secondary N) is 2. The van der Waals surface area contributed by atoms with Gasteiger partial charge in [-0.1, -0.05) is 0 Å². The Kier molecular flexibility index (Phi) is 7.29. The van der Waals surface area contributed by atoms with Gasteiger partial charge in [0.15, 0.2) is 0 Å². The molecule has 3 N–H and O–H groups in total. The second-order valence-corrected chi connectivity index (χ2v) is 5.72. The maximum absolute atomic E-state index is 11.4. The number of carboxylic acids is 1. The maximum Gasteiger partial charge on any atom is 0.317 e. The van der Waals surface area contributed by atoms with Gasteiger partial charge >= 0.3 is 12.0 Å². The third kappa shape index (κ3) is 7.85. The van der Waals surface area contributed by atoms with E-state index in [9.17, 15) is 18.0 Å². The summed E-state index contributed by atoms with van der Waals surface area (Å²) in [4.78, 5) is 23.0. The average Bonchev–Trinajstić information content (AvgIpc) is 2.28. The van der Waals surface area contributed by atoms with Crippen LogP contribution in [0.4, 0.5) is 4.79 Å². The number of sulfonamides is 1. The van der Waals surface area contributed by atoms with Crippen LogP contribution in [0.25, 0.3) is 0 Å². The highest BCUT2D eigenvalue weighted by Crippen LogP contribution is 1.93. The van der Waals surface area contributed by atoms with Crippen LogP contribution in [-0.2, 0) is 14.8 Å². The number of amides is 2. The Hall–Kier alpha value is -1.35. The van der Waals surface area contributed by atoms with Crippen molar-refractivity contribution in [3.63, 3.8) is 0 Å². The monoisotopic (exact) mass is 281 g/mol. The van der Waals surface area contributed by atoms with E-state index >= 15 is 0 Å². The van der Waals surface area contributed by atoms with Gasteiger partial charge in [-0.3, -0.25) is 4.79 Å². The lowest BCUT2D eigenvalue weighted by molar-refractivity contribution is -0.137. The van der Waals surface area contributed by atoms with E-state index in [1.165, 1.54) is 19.0 Å². The summed E-state index contributed by atoms with van der Waals surface area (Å²) in [5.41, 5.74) is 0. The van der Waals surface area contributed by atoms with E-state index in [0.717, 1.165) is 0 Å². The van der Waals surface area contributed by atoms with E-state index in [1.54, 1.807) is 0 Å². The second kappa shape index (κ2) is 7.88. The van der Waals surface area contributed by atoms with E-state index in [-0.39, 0.29) is 18.7 Å². The zero-order chi connectivity index (χ0) is 14.2. The van der Waals surface area contributed by atoms with Gasteiger partial charge in [0.05, 0.1) is 5.75 Å². The Labute approximate surface area is 106 Å². The molecule has 0 aliphatic carbocycles. The molecule has 0 aliphatic heterocycles.